The first-order valence-electron chi connectivity index (χ1n) is 4.26. The molecule has 15 heavy (non-hydrogen) atoms. The first-order valence-corrected chi connectivity index (χ1v) is 5.87. The molecule has 0 aliphatic heterocycles. The minimum atomic E-state index is -0.285. The van der Waals surface area contributed by atoms with Crippen LogP contribution < -0.4 is 5.73 Å². The number of nitrogen functional groups attached to an aromatic ring is 1. The fraction of sp³-hybridized carbons (Fsp3) is 0.100. The number of aryl methyl sites for hydroxylation is 1. The molecule has 1 aromatic heterocycles. The quantitative estimate of drug-likeness (QED) is 0.870. The minimum Gasteiger partial charge on any atom is -0.389 e. The summed E-state index contributed by atoms with van der Waals surface area (Å²) in [5, 5.41) is 1.24. The molecule has 1 heterocycles. The lowest BCUT2D eigenvalue weighted by Crippen LogP contribution is -1.84. The van der Waals surface area contributed by atoms with Crippen LogP contribution in [-0.4, -0.2) is 4.98 Å². The van der Waals surface area contributed by atoms with Crippen LogP contribution in [0.2, 0.25) is 0 Å². The number of hydrogen-bond donors (Lipinski definition) is 1. The molecule has 0 amide bonds. The maximum atomic E-state index is 13.5. The molecule has 0 unspecified atom stereocenters. The van der Waals surface area contributed by atoms with Crippen LogP contribution in [0.4, 0.5) is 9.39 Å². The smallest absolute Gasteiger partial charge is 0.133 e. The fourth-order valence-electron chi connectivity index (χ4n) is 1.18. The van der Waals surface area contributed by atoms with Crippen LogP contribution in [-0.2, 0) is 0 Å². The number of hydrogen-bond acceptors (Lipinski definition) is 3. The Morgan fingerprint density at radius 2 is 2.20 bits per heavy atom. The molecular formula is C10H8BrFN2S. The lowest BCUT2D eigenvalue weighted by Gasteiger charge is -1.99. The van der Waals surface area contributed by atoms with Gasteiger partial charge in [-0.1, -0.05) is 27.3 Å². The van der Waals surface area contributed by atoms with Crippen molar-refractivity contribution in [2.24, 2.45) is 0 Å². The second-order valence-electron chi connectivity index (χ2n) is 3.09. The van der Waals surface area contributed by atoms with E-state index >= 15 is 0 Å². The molecule has 0 saturated heterocycles. The van der Waals surface area contributed by atoms with E-state index < -0.39 is 0 Å². The molecule has 1 aromatic carbocycles. The highest BCUT2D eigenvalue weighted by Gasteiger charge is 2.11. The van der Waals surface area contributed by atoms with Gasteiger partial charge in [0.2, 0.25) is 0 Å². The van der Waals surface area contributed by atoms with Gasteiger partial charge in [-0.05, 0) is 25.1 Å². The SMILES string of the molecule is Cc1nc(-c2cc(Br)ccc2F)sc1N. The molecule has 2 aromatic rings. The molecule has 2 N–H and O–H groups in total. The second-order valence-corrected chi connectivity index (χ2v) is 5.04. The Hall–Kier alpha value is -0.940. The van der Waals surface area contributed by atoms with E-state index in [1.807, 2.05) is 6.92 Å². The molecular weight excluding hydrogens is 279 g/mol. The first kappa shape index (κ1) is 10.6. The highest BCUT2D eigenvalue weighted by molar-refractivity contribution is 9.10. The third kappa shape index (κ3) is 2.03. The van der Waals surface area contributed by atoms with Crippen molar-refractivity contribution in [1.29, 1.82) is 0 Å². The van der Waals surface area contributed by atoms with E-state index in [1.54, 1.807) is 12.1 Å². The van der Waals surface area contributed by atoms with Gasteiger partial charge in [-0.15, -0.1) is 0 Å². The number of rotatable bonds is 1. The monoisotopic (exact) mass is 286 g/mol. The lowest BCUT2D eigenvalue weighted by molar-refractivity contribution is 0.631. The van der Waals surface area contributed by atoms with Crippen molar-refractivity contribution in [3.05, 3.63) is 34.2 Å². The molecule has 0 radical (unpaired) electrons. The maximum absolute atomic E-state index is 13.5. The van der Waals surface area contributed by atoms with Gasteiger partial charge in [0.25, 0.3) is 0 Å². The molecule has 0 saturated carbocycles. The largest absolute Gasteiger partial charge is 0.389 e. The predicted octanol–water partition coefficient (Wildman–Crippen LogP) is 3.60. The summed E-state index contributed by atoms with van der Waals surface area (Å²) in [6, 6.07) is 4.77. The van der Waals surface area contributed by atoms with Crippen LogP contribution in [0.3, 0.4) is 0 Å². The summed E-state index contributed by atoms with van der Waals surface area (Å²) in [4.78, 5) is 4.22. The standard InChI is InChI=1S/C10H8BrFN2S/c1-5-9(13)15-10(14-5)7-4-6(11)2-3-8(7)12/h2-4H,13H2,1H3. The van der Waals surface area contributed by atoms with Gasteiger partial charge in [-0.3, -0.25) is 0 Å². The molecule has 0 aliphatic carbocycles. The Kier molecular flexibility index (Phi) is 2.75. The lowest BCUT2D eigenvalue weighted by atomic mass is 10.2. The van der Waals surface area contributed by atoms with Gasteiger partial charge in [0.05, 0.1) is 5.69 Å². The van der Waals surface area contributed by atoms with E-state index in [2.05, 4.69) is 20.9 Å². The third-order valence-electron chi connectivity index (χ3n) is 1.99. The number of halogens is 2. The Labute approximate surface area is 99.1 Å². The van der Waals surface area contributed by atoms with Gasteiger partial charge in [-0.25, -0.2) is 9.37 Å². The number of thiazole rings is 1. The van der Waals surface area contributed by atoms with Crippen molar-refractivity contribution in [3.63, 3.8) is 0 Å². The van der Waals surface area contributed by atoms with Gasteiger partial charge in [0, 0.05) is 10.0 Å². The topological polar surface area (TPSA) is 38.9 Å². The zero-order valence-electron chi connectivity index (χ0n) is 7.92. The number of nitrogens with two attached hydrogens (primary N) is 1. The van der Waals surface area contributed by atoms with Crippen LogP contribution >= 0.6 is 27.3 Å². The highest BCUT2D eigenvalue weighted by Crippen LogP contribution is 2.32. The van der Waals surface area contributed by atoms with Crippen LogP contribution in [0.15, 0.2) is 22.7 Å². The highest BCUT2D eigenvalue weighted by atomic mass is 79.9. The zero-order chi connectivity index (χ0) is 11.0. The molecule has 2 nitrogen and oxygen atoms in total. The van der Waals surface area contributed by atoms with Crippen molar-refractivity contribution in [3.8, 4) is 10.6 Å². The average Bonchev–Trinajstić information content (AvgIpc) is 2.51. The van der Waals surface area contributed by atoms with E-state index in [4.69, 9.17) is 5.73 Å². The van der Waals surface area contributed by atoms with Crippen LogP contribution in [0.5, 0.6) is 0 Å². The van der Waals surface area contributed by atoms with Crippen molar-refractivity contribution in [1.82, 2.24) is 4.98 Å². The second kappa shape index (κ2) is 3.90. The molecule has 0 atom stereocenters. The van der Waals surface area contributed by atoms with Gasteiger partial charge in [0.1, 0.15) is 15.8 Å². The van der Waals surface area contributed by atoms with Crippen molar-refractivity contribution in [2.45, 2.75) is 6.92 Å². The normalized spacial score (nSPS) is 10.6. The van der Waals surface area contributed by atoms with Crippen molar-refractivity contribution >= 4 is 32.3 Å². The Morgan fingerprint density at radius 3 is 2.80 bits per heavy atom. The molecule has 5 heteroatoms. The minimum absolute atomic E-state index is 0.285. The van der Waals surface area contributed by atoms with Gasteiger partial charge in [0.15, 0.2) is 0 Å². The molecule has 0 aliphatic rings. The summed E-state index contributed by atoms with van der Waals surface area (Å²) in [5.74, 6) is -0.285. The van der Waals surface area contributed by atoms with E-state index in [0.29, 0.717) is 15.6 Å². The summed E-state index contributed by atoms with van der Waals surface area (Å²) >= 11 is 4.59. The van der Waals surface area contributed by atoms with Crippen LogP contribution in [0.1, 0.15) is 5.69 Å². The van der Waals surface area contributed by atoms with Gasteiger partial charge in [-0.2, -0.15) is 0 Å². The summed E-state index contributed by atoms with van der Waals surface area (Å²) in [6.07, 6.45) is 0. The van der Waals surface area contributed by atoms with Gasteiger partial charge >= 0.3 is 0 Å². The number of benzene rings is 1. The van der Waals surface area contributed by atoms with Crippen LogP contribution in [0.25, 0.3) is 10.6 Å². The zero-order valence-corrected chi connectivity index (χ0v) is 10.3. The van der Waals surface area contributed by atoms with E-state index in [1.165, 1.54) is 17.4 Å². The first-order chi connectivity index (χ1) is 7.08. The molecule has 0 bridgehead atoms. The number of nitrogens with zero attached hydrogens (tertiary/aromatic N) is 1. The third-order valence-corrected chi connectivity index (χ3v) is 3.50. The molecule has 78 valence electrons. The number of aromatic nitrogens is 1. The van der Waals surface area contributed by atoms with Crippen molar-refractivity contribution in [2.75, 3.05) is 5.73 Å². The Bertz CT molecular complexity index is 491. The summed E-state index contributed by atoms with van der Waals surface area (Å²) in [5.41, 5.74) is 6.91. The Morgan fingerprint density at radius 1 is 1.47 bits per heavy atom. The predicted molar refractivity (Wildman–Crippen MR) is 64.4 cm³/mol. The molecule has 0 fully saturated rings. The summed E-state index contributed by atoms with van der Waals surface area (Å²) in [7, 11) is 0. The van der Waals surface area contributed by atoms with E-state index in [0.717, 1.165) is 10.2 Å². The Balaban J connectivity index is 2.58. The average molecular weight is 287 g/mol. The van der Waals surface area contributed by atoms with E-state index in [9.17, 15) is 4.39 Å². The fourth-order valence-corrected chi connectivity index (χ4v) is 2.40. The molecule has 2 rings (SSSR count). The van der Waals surface area contributed by atoms with Gasteiger partial charge < -0.3 is 5.73 Å². The van der Waals surface area contributed by atoms with E-state index in [-0.39, 0.29) is 5.82 Å². The molecule has 0 spiro atoms. The van der Waals surface area contributed by atoms with Crippen molar-refractivity contribution < 1.29 is 4.39 Å². The maximum Gasteiger partial charge on any atom is 0.133 e. The number of anilines is 1. The summed E-state index contributed by atoms with van der Waals surface area (Å²) < 4.78 is 14.3. The summed E-state index contributed by atoms with van der Waals surface area (Å²) in [6.45, 7) is 1.81. The van der Waals surface area contributed by atoms with Crippen LogP contribution in [0, 0.1) is 12.7 Å².